The fraction of sp³-hybridized carbons (Fsp3) is 0.391. The molecule has 0 spiro atoms. The number of halogens is 1. The first-order valence-electron chi connectivity index (χ1n) is 9.89. The van der Waals surface area contributed by atoms with E-state index in [9.17, 15) is 4.79 Å². The molecule has 8 heteroatoms. The van der Waals surface area contributed by atoms with E-state index in [0.29, 0.717) is 35.2 Å². The smallest absolute Gasteiger partial charge is 0.226 e. The van der Waals surface area contributed by atoms with Gasteiger partial charge in [-0.25, -0.2) is 0 Å². The molecule has 0 unspecified atom stereocenters. The van der Waals surface area contributed by atoms with Crippen molar-refractivity contribution >= 4 is 40.5 Å². The normalized spacial score (nSPS) is 10.9. The number of anilines is 1. The molecule has 1 amide bonds. The molecular weight excluding hydrogens is 436 g/mol. The molecule has 2 rings (SSSR count). The van der Waals surface area contributed by atoms with Gasteiger partial charge in [0.05, 0.1) is 31.5 Å². The number of rotatable bonds is 8. The van der Waals surface area contributed by atoms with Crippen LogP contribution in [-0.4, -0.2) is 31.8 Å². The van der Waals surface area contributed by atoms with E-state index >= 15 is 0 Å². The lowest BCUT2D eigenvalue weighted by Gasteiger charge is -2.19. The van der Waals surface area contributed by atoms with Crippen LogP contribution in [0.5, 0.6) is 17.2 Å². The minimum atomic E-state index is -0.205. The van der Waals surface area contributed by atoms with Crippen molar-refractivity contribution in [2.24, 2.45) is 0 Å². The van der Waals surface area contributed by atoms with Crippen LogP contribution in [0.2, 0.25) is 5.02 Å². The molecule has 0 fully saturated rings. The monoisotopic (exact) mass is 464 g/mol. The molecule has 0 heterocycles. The Morgan fingerprint density at radius 1 is 1.06 bits per heavy atom. The third-order valence-electron chi connectivity index (χ3n) is 4.51. The van der Waals surface area contributed by atoms with Gasteiger partial charge in [-0.3, -0.25) is 4.79 Å². The highest BCUT2D eigenvalue weighted by atomic mass is 35.5. The van der Waals surface area contributed by atoms with Gasteiger partial charge < -0.3 is 24.8 Å². The SMILES string of the molecule is COc1cc(NC(=S)NC(=O)CCCOc2ccc(C(C)(C)C)cc2)c(OC)cc1Cl. The average Bonchev–Trinajstić information content (AvgIpc) is 2.71. The number of carbonyl (C=O) groups is 1. The Balaban J connectivity index is 1.78. The Kier molecular flexibility index (Phi) is 8.95. The van der Waals surface area contributed by atoms with Crippen molar-refractivity contribution in [2.75, 3.05) is 26.1 Å². The van der Waals surface area contributed by atoms with Crippen molar-refractivity contribution in [1.82, 2.24) is 5.32 Å². The van der Waals surface area contributed by atoms with Crippen LogP contribution < -0.4 is 24.8 Å². The van der Waals surface area contributed by atoms with Crippen molar-refractivity contribution in [2.45, 2.75) is 39.0 Å². The molecule has 2 aromatic rings. The Bertz CT molecular complexity index is 911. The largest absolute Gasteiger partial charge is 0.495 e. The fourth-order valence-electron chi connectivity index (χ4n) is 2.77. The van der Waals surface area contributed by atoms with E-state index < -0.39 is 0 Å². The van der Waals surface area contributed by atoms with E-state index in [1.54, 1.807) is 12.1 Å². The second kappa shape index (κ2) is 11.2. The Morgan fingerprint density at radius 3 is 2.29 bits per heavy atom. The molecule has 0 aliphatic heterocycles. The second-order valence-corrected chi connectivity index (χ2v) is 8.73. The molecule has 0 aromatic heterocycles. The van der Waals surface area contributed by atoms with Gasteiger partial charge in [0.15, 0.2) is 5.11 Å². The van der Waals surface area contributed by atoms with E-state index in [1.807, 2.05) is 12.1 Å². The molecule has 0 saturated carbocycles. The molecule has 2 N–H and O–H groups in total. The maximum absolute atomic E-state index is 12.2. The van der Waals surface area contributed by atoms with Crippen LogP contribution in [0.1, 0.15) is 39.2 Å². The van der Waals surface area contributed by atoms with Crippen LogP contribution in [-0.2, 0) is 10.2 Å². The van der Waals surface area contributed by atoms with E-state index in [4.69, 9.17) is 38.0 Å². The third kappa shape index (κ3) is 7.60. The number of methoxy groups -OCH3 is 2. The van der Waals surface area contributed by atoms with Gasteiger partial charge in [0.2, 0.25) is 5.91 Å². The predicted octanol–water partition coefficient (Wildman–Crippen LogP) is 5.33. The maximum atomic E-state index is 12.2. The molecule has 0 atom stereocenters. The number of benzene rings is 2. The third-order valence-corrected chi connectivity index (χ3v) is 5.01. The molecule has 0 radical (unpaired) electrons. The molecule has 0 saturated heterocycles. The summed E-state index contributed by atoms with van der Waals surface area (Å²) in [5, 5.41) is 6.15. The molecule has 0 aliphatic rings. The van der Waals surface area contributed by atoms with Crippen molar-refractivity contribution in [3.63, 3.8) is 0 Å². The van der Waals surface area contributed by atoms with Gasteiger partial charge >= 0.3 is 0 Å². The second-order valence-electron chi connectivity index (χ2n) is 7.92. The molecule has 31 heavy (non-hydrogen) atoms. The number of amides is 1. The summed E-state index contributed by atoms with van der Waals surface area (Å²) in [5.74, 6) is 1.53. The summed E-state index contributed by atoms with van der Waals surface area (Å²) >= 11 is 11.3. The highest BCUT2D eigenvalue weighted by Gasteiger charge is 2.14. The highest BCUT2D eigenvalue weighted by Crippen LogP contribution is 2.35. The first-order chi connectivity index (χ1) is 14.6. The predicted molar refractivity (Wildman–Crippen MR) is 129 cm³/mol. The van der Waals surface area contributed by atoms with Gasteiger partial charge in [0.25, 0.3) is 0 Å². The van der Waals surface area contributed by atoms with E-state index in [0.717, 1.165) is 5.75 Å². The quantitative estimate of drug-likeness (QED) is 0.406. The van der Waals surface area contributed by atoms with Gasteiger partial charge in [-0.1, -0.05) is 44.5 Å². The fourth-order valence-corrected chi connectivity index (χ4v) is 3.23. The molecule has 168 valence electrons. The number of nitrogens with one attached hydrogen (secondary N) is 2. The summed E-state index contributed by atoms with van der Waals surface area (Å²) in [6, 6.07) is 11.3. The van der Waals surface area contributed by atoms with Gasteiger partial charge in [-0.05, 0) is 41.7 Å². The van der Waals surface area contributed by atoms with Gasteiger partial charge in [0.1, 0.15) is 17.2 Å². The van der Waals surface area contributed by atoms with Crippen LogP contribution in [0, 0.1) is 0 Å². The summed E-state index contributed by atoms with van der Waals surface area (Å²) in [5.41, 5.74) is 1.89. The Labute approximate surface area is 194 Å². The van der Waals surface area contributed by atoms with Crippen LogP contribution >= 0.6 is 23.8 Å². The van der Waals surface area contributed by atoms with Crippen molar-refractivity contribution in [3.8, 4) is 17.2 Å². The molecule has 2 aromatic carbocycles. The maximum Gasteiger partial charge on any atom is 0.226 e. The molecule has 6 nitrogen and oxygen atoms in total. The number of ether oxygens (including phenoxy) is 3. The standard InChI is InChI=1S/C23H29ClN2O4S/c1-23(2,3)15-8-10-16(11-9-15)30-12-6-7-21(27)26-22(31)25-18-14-19(28-4)17(24)13-20(18)29-5/h8-11,13-14H,6-7,12H2,1-5H3,(H2,25,26,27,31). The van der Waals surface area contributed by atoms with Crippen LogP contribution in [0.25, 0.3) is 0 Å². The number of hydrogen-bond donors (Lipinski definition) is 2. The molecule has 0 bridgehead atoms. The van der Waals surface area contributed by atoms with Crippen molar-refractivity contribution < 1.29 is 19.0 Å². The summed E-state index contributed by atoms with van der Waals surface area (Å²) < 4.78 is 16.2. The minimum absolute atomic E-state index is 0.101. The highest BCUT2D eigenvalue weighted by molar-refractivity contribution is 7.80. The zero-order chi connectivity index (χ0) is 23.0. The lowest BCUT2D eigenvalue weighted by atomic mass is 9.87. The van der Waals surface area contributed by atoms with Crippen molar-refractivity contribution in [3.05, 3.63) is 47.0 Å². The topological polar surface area (TPSA) is 68.8 Å². The number of thiocarbonyl (C=S) groups is 1. The van der Waals surface area contributed by atoms with Gasteiger partial charge in [-0.15, -0.1) is 0 Å². The summed E-state index contributed by atoms with van der Waals surface area (Å²) in [6.45, 7) is 6.94. The number of hydrogen-bond acceptors (Lipinski definition) is 5. The van der Waals surface area contributed by atoms with Gasteiger partial charge in [0, 0.05) is 18.6 Å². The molecular formula is C23H29ClN2O4S. The van der Waals surface area contributed by atoms with Crippen LogP contribution in [0.4, 0.5) is 5.69 Å². The van der Waals surface area contributed by atoms with Crippen LogP contribution in [0.3, 0.4) is 0 Å². The minimum Gasteiger partial charge on any atom is -0.495 e. The van der Waals surface area contributed by atoms with E-state index in [1.165, 1.54) is 19.8 Å². The summed E-state index contributed by atoms with van der Waals surface area (Å²) in [7, 11) is 3.03. The van der Waals surface area contributed by atoms with E-state index in [2.05, 4.69) is 43.5 Å². The lowest BCUT2D eigenvalue weighted by molar-refractivity contribution is -0.119. The van der Waals surface area contributed by atoms with E-state index in [-0.39, 0.29) is 22.9 Å². The average molecular weight is 465 g/mol. The molecule has 0 aliphatic carbocycles. The zero-order valence-electron chi connectivity index (χ0n) is 18.5. The number of carbonyl (C=O) groups excluding carboxylic acids is 1. The van der Waals surface area contributed by atoms with Crippen LogP contribution in [0.15, 0.2) is 36.4 Å². The Morgan fingerprint density at radius 2 is 1.71 bits per heavy atom. The van der Waals surface area contributed by atoms with Crippen molar-refractivity contribution in [1.29, 1.82) is 0 Å². The van der Waals surface area contributed by atoms with Gasteiger partial charge in [-0.2, -0.15) is 0 Å². The first-order valence-corrected chi connectivity index (χ1v) is 10.7. The Hall–Kier alpha value is -2.51. The first kappa shape index (κ1) is 24.8. The summed E-state index contributed by atoms with van der Waals surface area (Å²) in [4.78, 5) is 12.2. The lowest BCUT2D eigenvalue weighted by Crippen LogP contribution is -2.34. The summed E-state index contributed by atoms with van der Waals surface area (Å²) in [6.07, 6.45) is 0.844. The zero-order valence-corrected chi connectivity index (χ0v) is 20.1.